The van der Waals surface area contributed by atoms with Crippen molar-refractivity contribution in [1.82, 2.24) is 0 Å². The maximum Gasteiger partial charge on any atom is 0.183 e. The van der Waals surface area contributed by atoms with E-state index in [4.69, 9.17) is 14.9 Å². The number of rotatable bonds is 1. The van der Waals surface area contributed by atoms with E-state index in [-0.39, 0.29) is 0 Å². The fraction of sp³-hybridized carbons (Fsp3) is 1.00. The predicted octanol–water partition coefficient (Wildman–Crippen LogP) is -1.78. The highest BCUT2D eigenvalue weighted by Crippen LogP contribution is 2.20. The largest absolute Gasteiger partial charge is 0.388 e. The molecule has 0 bridgehead atoms. The van der Waals surface area contributed by atoms with Gasteiger partial charge in [0, 0.05) is 4.43 Å². The molecule has 1 fully saturated rings. The summed E-state index contributed by atoms with van der Waals surface area (Å²) in [6, 6.07) is 0. The van der Waals surface area contributed by atoms with E-state index >= 15 is 0 Å². The summed E-state index contributed by atoms with van der Waals surface area (Å²) < 4.78 is 5.26. The van der Waals surface area contributed by atoms with Crippen LogP contribution in [-0.2, 0) is 4.74 Å². The summed E-state index contributed by atoms with van der Waals surface area (Å²) in [6.45, 7) is 0. The summed E-state index contributed by atoms with van der Waals surface area (Å²) in [5.74, 6) is 0. The number of ether oxygens (including phenoxy) is 1. The third-order valence-electron chi connectivity index (χ3n) is 1.84. The highest BCUT2D eigenvalue weighted by atomic mass is 127. The molecule has 5 nitrogen and oxygen atoms in total. The standard InChI is InChI=1S/C6H11IO5/c7-1-2-3(8)4(9)5(10)6(11)12-2/h2-6,8-11H,1H2/t2-,3+,4+,5-,6?/m1/s1. The van der Waals surface area contributed by atoms with Crippen molar-refractivity contribution in [1.29, 1.82) is 0 Å². The first-order valence-corrected chi connectivity index (χ1v) is 5.04. The number of aliphatic hydroxyl groups excluding tert-OH is 4. The molecule has 0 aromatic heterocycles. The van der Waals surface area contributed by atoms with Gasteiger partial charge < -0.3 is 25.2 Å². The Morgan fingerprint density at radius 3 is 2.08 bits per heavy atom. The summed E-state index contributed by atoms with van der Waals surface area (Å²) in [7, 11) is 0. The van der Waals surface area contributed by atoms with Gasteiger partial charge in [-0.05, 0) is 0 Å². The lowest BCUT2D eigenvalue weighted by Gasteiger charge is -2.37. The highest BCUT2D eigenvalue weighted by Gasteiger charge is 2.42. The SMILES string of the molecule is OC1O[C@H](CI)[C@H](O)[C@H](O)[C@H]1O. The molecule has 0 amide bonds. The van der Waals surface area contributed by atoms with E-state index in [9.17, 15) is 10.2 Å². The van der Waals surface area contributed by atoms with Crippen LogP contribution in [-0.4, -0.2) is 55.6 Å². The molecule has 6 heteroatoms. The molecule has 0 aromatic rings. The molecule has 0 aliphatic carbocycles. The second kappa shape index (κ2) is 4.16. The van der Waals surface area contributed by atoms with Gasteiger partial charge in [-0.3, -0.25) is 0 Å². The minimum absolute atomic E-state index is 0.444. The Balaban J connectivity index is 2.63. The van der Waals surface area contributed by atoms with E-state index < -0.39 is 30.7 Å². The number of hydrogen-bond donors (Lipinski definition) is 4. The third-order valence-corrected chi connectivity index (χ3v) is 2.71. The molecule has 1 saturated heterocycles. The lowest BCUT2D eigenvalue weighted by Crippen LogP contribution is -2.57. The monoisotopic (exact) mass is 290 g/mol. The highest BCUT2D eigenvalue weighted by molar-refractivity contribution is 14.1. The Morgan fingerprint density at radius 2 is 1.58 bits per heavy atom. The van der Waals surface area contributed by atoms with Crippen molar-refractivity contribution in [3.05, 3.63) is 0 Å². The van der Waals surface area contributed by atoms with Gasteiger partial charge >= 0.3 is 0 Å². The Kier molecular flexibility index (Phi) is 3.68. The van der Waals surface area contributed by atoms with Crippen LogP contribution in [0.4, 0.5) is 0 Å². The van der Waals surface area contributed by atoms with Crippen LogP contribution in [0.5, 0.6) is 0 Å². The van der Waals surface area contributed by atoms with Crippen molar-refractivity contribution in [2.24, 2.45) is 0 Å². The number of aliphatic hydroxyl groups is 4. The first-order valence-electron chi connectivity index (χ1n) is 3.51. The third kappa shape index (κ3) is 1.88. The molecule has 72 valence electrons. The molecule has 1 aliphatic rings. The van der Waals surface area contributed by atoms with Crippen molar-refractivity contribution in [2.75, 3.05) is 4.43 Å². The van der Waals surface area contributed by atoms with Gasteiger partial charge in [-0.25, -0.2) is 0 Å². The van der Waals surface area contributed by atoms with Crippen LogP contribution >= 0.6 is 22.6 Å². The first kappa shape index (κ1) is 10.6. The lowest BCUT2D eigenvalue weighted by atomic mass is 10.0. The molecule has 0 radical (unpaired) electrons. The number of halogens is 1. The molecule has 0 aromatic carbocycles. The van der Waals surface area contributed by atoms with Crippen LogP contribution in [0.1, 0.15) is 0 Å². The molecule has 4 N–H and O–H groups in total. The van der Waals surface area contributed by atoms with E-state index in [0.717, 1.165) is 0 Å². The van der Waals surface area contributed by atoms with Gasteiger partial charge in [0.1, 0.15) is 18.3 Å². The van der Waals surface area contributed by atoms with E-state index in [2.05, 4.69) is 0 Å². The Bertz CT molecular complexity index is 150. The smallest absolute Gasteiger partial charge is 0.183 e. The second-order valence-electron chi connectivity index (χ2n) is 2.69. The summed E-state index contributed by atoms with van der Waals surface area (Å²) in [5.41, 5.74) is 0. The molecule has 0 spiro atoms. The van der Waals surface area contributed by atoms with Crippen LogP contribution in [0.2, 0.25) is 0 Å². The van der Waals surface area contributed by atoms with Crippen molar-refractivity contribution < 1.29 is 25.2 Å². The van der Waals surface area contributed by atoms with Gasteiger partial charge in [0.15, 0.2) is 6.29 Å². The van der Waals surface area contributed by atoms with E-state index in [1.807, 2.05) is 22.6 Å². The van der Waals surface area contributed by atoms with Gasteiger partial charge in [0.05, 0.1) is 6.10 Å². The van der Waals surface area contributed by atoms with E-state index in [1.165, 1.54) is 0 Å². The van der Waals surface area contributed by atoms with Crippen LogP contribution < -0.4 is 0 Å². The van der Waals surface area contributed by atoms with Gasteiger partial charge in [-0.1, -0.05) is 22.6 Å². The molecule has 1 rings (SSSR count). The molecule has 1 unspecified atom stereocenters. The fourth-order valence-corrected chi connectivity index (χ4v) is 1.79. The zero-order valence-electron chi connectivity index (χ0n) is 6.17. The molecule has 12 heavy (non-hydrogen) atoms. The maximum atomic E-state index is 9.27. The van der Waals surface area contributed by atoms with Crippen molar-refractivity contribution in [3.63, 3.8) is 0 Å². The molecular weight excluding hydrogens is 279 g/mol. The Labute approximate surface area is 83.1 Å². The fourth-order valence-electron chi connectivity index (χ4n) is 1.06. The molecule has 0 saturated carbocycles. The minimum atomic E-state index is -1.43. The van der Waals surface area contributed by atoms with Crippen LogP contribution in [0, 0.1) is 0 Å². The lowest BCUT2D eigenvalue weighted by molar-refractivity contribution is -0.275. The Hall–Kier alpha value is 0.530. The predicted molar refractivity (Wildman–Crippen MR) is 47.8 cm³/mol. The summed E-state index contributed by atoms with van der Waals surface area (Å²) in [4.78, 5) is 0. The van der Waals surface area contributed by atoms with Crippen LogP contribution in [0.3, 0.4) is 0 Å². The maximum absolute atomic E-state index is 9.27. The van der Waals surface area contributed by atoms with Gasteiger partial charge in [-0.2, -0.15) is 0 Å². The molecule has 5 atom stereocenters. The molecular formula is C6H11IO5. The number of alkyl halides is 1. The normalized spacial score (nSPS) is 49.2. The average molecular weight is 290 g/mol. The zero-order valence-corrected chi connectivity index (χ0v) is 8.33. The van der Waals surface area contributed by atoms with Gasteiger partial charge in [0.2, 0.25) is 0 Å². The summed E-state index contributed by atoms with van der Waals surface area (Å²) in [5, 5.41) is 36.5. The van der Waals surface area contributed by atoms with E-state index in [0.29, 0.717) is 4.43 Å². The van der Waals surface area contributed by atoms with Crippen LogP contribution in [0.25, 0.3) is 0 Å². The number of hydrogen-bond acceptors (Lipinski definition) is 5. The first-order chi connectivity index (χ1) is 5.57. The summed E-state index contributed by atoms with van der Waals surface area (Å²) >= 11 is 1.96. The Morgan fingerprint density at radius 1 is 1.00 bits per heavy atom. The quantitative estimate of drug-likeness (QED) is 0.339. The molecule has 1 aliphatic heterocycles. The zero-order chi connectivity index (χ0) is 9.30. The average Bonchev–Trinajstić information content (AvgIpc) is 2.08. The van der Waals surface area contributed by atoms with Gasteiger partial charge in [-0.15, -0.1) is 0 Å². The molecule has 1 heterocycles. The van der Waals surface area contributed by atoms with E-state index in [1.54, 1.807) is 0 Å². The van der Waals surface area contributed by atoms with Gasteiger partial charge in [0.25, 0.3) is 0 Å². The summed E-state index contributed by atoms with van der Waals surface area (Å²) in [6.07, 6.45) is -5.95. The second-order valence-corrected chi connectivity index (χ2v) is 3.57. The minimum Gasteiger partial charge on any atom is -0.388 e. The topological polar surface area (TPSA) is 90.2 Å². The van der Waals surface area contributed by atoms with Crippen molar-refractivity contribution >= 4 is 22.6 Å². The van der Waals surface area contributed by atoms with Crippen molar-refractivity contribution in [2.45, 2.75) is 30.7 Å². The van der Waals surface area contributed by atoms with Crippen LogP contribution in [0.15, 0.2) is 0 Å². The van der Waals surface area contributed by atoms with Crippen molar-refractivity contribution in [3.8, 4) is 0 Å².